The fraction of sp³-hybridized carbons (Fsp3) is 0.261. The Morgan fingerprint density at radius 3 is 2.48 bits per heavy atom. The quantitative estimate of drug-likeness (QED) is 0.601. The Labute approximate surface area is 181 Å². The number of hydrogen-bond acceptors (Lipinski definition) is 5. The first-order valence-electron chi connectivity index (χ1n) is 10.2. The van der Waals surface area contributed by atoms with Gasteiger partial charge in [0.15, 0.2) is 0 Å². The minimum absolute atomic E-state index is 0.0813. The minimum Gasteiger partial charge on any atom is -0.455 e. The number of benzene rings is 2. The lowest BCUT2D eigenvalue weighted by Crippen LogP contribution is -2.44. The molecule has 0 amide bonds. The Hall–Kier alpha value is -2.81. The number of pyridine rings is 1. The van der Waals surface area contributed by atoms with Gasteiger partial charge in [0, 0.05) is 37.4 Å². The molecule has 0 aliphatic carbocycles. The van der Waals surface area contributed by atoms with Gasteiger partial charge in [-0.05, 0) is 55.3 Å². The van der Waals surface area contributed by atoms with Crippen LogP contribution < -0.4 is 9.46 Å². The molecule has 1 aliphatic rings. The molecule has 4 rings (SSSR count). The minimum atomic E-state index is -3.66. The van der Waals surface area contributed by atoms with Crippen LogP contribution in [0, 0.1) is 5.82 Å². The van der Waals surface area contributed by atoms with E-state index in [2.05, 4.69) is 14.6 Å². The molecule has 1 aliphatic heterocycles. The molecular formula is C23H24FN3O3S. The van der Waals surface area contributed by atoms with Crippen LogP contribution in [0.3, 0.4) is 0 Å². The third kappa shape index (κ3) is 5.66. The summed E-state index contributed by atoms with van der Waals surface area (Å²) >= 11 is 0. The molecule has 6 nitrogen and oxygen atoms in total. The number of likely N-dealkylation sites (tertiary alicyclic amines) is 1. The number of aromatic nitrogens is 1. The summed E-state index contributed by atoms with van der Waals surface area (Å²) in [4.78, 5) is 6.45. The second-order valence-electron chi connectivity index (χ2n) is 7.52. The molecule has 1 aromatic heterocycles. The molecule has 2 heterocycles. The second kappa shape index (κ2) is 9.55. The third-order valence-corrected chi connectivity index (χ3v) is 6.80. The van der Waals surface area contributed by atoms with E-state index in [4.69, 9.17) is 4.74 Å². The highest BCUT2D eigenvalue weighted by atomic mass is 32.2. The molecule has 1 saturated heterocycles. The average molecular weight is 442 g/mol. The maximum absolute atomic E-state index is 13.1. The topological polar surface area (TPSA) is 71.5 Å². The fourth-order valence-electron chi connectivity index (χ4n) is 3.62. The van der Waals surface area contributed by atoms with E-state index in [1.54, 1.807) is 12.4 Å². The molecule has 0 bridgehead atoms. The molecule has 0 spiro atoms. The lowest BCUT2D eigenvalue weighted by Gasteiger charge is -2.32. The maximum Gasteiger partial charge on any atom is 0.240 e. The van der Waals surface area contributed by atoms with Gasteiger partial charge in [-0.1, -0.05) is 18.2 Å². The Morgan fingerprint density at radius 1 is 1.03 bits per heavy atom. The number of ether oxygens (including phenoxy) is 1. The van der Waals surface area contributed by atoms with Crippen LogP contribution in [-0.2, 0) is 16.6 Å². The van der Waals surface area contributed by atoms with Crippen molar-refractivity contribution in [3.8, 4) is 11.5 Å². The Bertz CT molecular complexity index is 1100. The van der Waals surface area contributed by atoms with E-state index >= 15 is 0 Å². The van der Waals surface area contributed by atoms with Crippen molar-refractivity contribution < 1.29 is 17.5 Å². The molecule has 0 saturated carbocycles. The highest BCUT2D eigenvalue weighted by Crippen LogP contribution is 2.27. The van der Waals surface area contributed by atoms with Gasteiger partial charge in [-0.3, -0.25) is 9.88 Å². The van der Waals surface area contributed by atoms with Crippen molar-refractivity contribution in [3.63, 3.8) is 0 Å². The van der Waals surface area contributed by atoms with Crippen LogP contribution >= 0.6 is 0 Å². The fourth-order valence-corrected chi connectivity index (χ4v) is 4.92. The van der Waals surface area contributed by atoms with E-state index in [-0.39, 0.29) is 10.9 Å². The maximum atomic E-state index is 13.1. The molecule has 1 N–H and O–H groups in total. The van der Waals surface area contributed by atoms with E-state index in [9.17, 15) is 12.8 Å². The largest absolute Gasteiger partial charge is 0.455 e. The van der Waals surface area contributed by atoms with Gasteiger partial charge >= 0.3 is 0 Å². The van der Waals surface area contributed by atoms with Gasteiger partial charge < -0.3 is 4.74 Å². The van der Waals surface area contributed by atoms with Crippen LogP contribution in [-0.4, -0.2) is 37.4 Å². The number of halogens is 1. The summed E-state index contributed by atoms with van der Waals surface area (Å²) in [5.41, 5.74) is 1.07. The summed E-state index contributed by atoms with van der Waals surface area (Å²) in [5, 5.41) is 0. The third-order valence-electron chi connectivity index (χ3n) is 5.26. The van der Waals surface area contributed by atoms with Crippen molar-refractivity contribution in [2.45, 2.75) is 30.3 Å². The summed E-state index contributed by atoms with van der Waals surface area (Å²) < 4.78 is 46.9. The van der Waals surface area contributed by atoms with E-state index in [1.165, 1.54) is 12.1 Å². The molecule has 0 atom stereocenters. The highest BCUT2D eigenvalue weighted by molar-refractivity contribution is 7.89. The van der Waals surface area contributed by atoms with Gasteiger partial charge in [-0.15, -0.1) is 0 Å². The van der Waals surface area contributed by atoms with Crippen LogP contribution in [0.15, 0.2) is 78.0 Å². The van der Waals surface area contributed by atoms with E-state index in [1.807, 2.05) is 36.4 Å². The number of rotatable bonds is 7. The summed E-state index contributed by atoms with van der Waals surface area (Å²) in [6.07, 6.45) is 4.78. The zero-order chi connectivity index (χ0) is 21.7. The number of sulfonamides is 1. The molecule has 31 heavy (non-hydrogen) atoms. The number of nitrogens with one attached hydrogen (secondary N) is 1. The molecule has 3 aromatic rings. The Morgan fingerprint density at radius 2 is 1.77 bits per heavy atom. The molecule has 2 aromatic carbocycles. The van der Waals surface area contributed by atoms with Crippen molar-refractivity contribution in [2.24, 2.45) is 0 Å². The number of piperidine rings is 1. The predicted molar refractivity (Wildman–Crippen MR) is 116 cm³/mol. The first-order chi connectivity index (χ1) is 15.0. The zero-order valence-corrected chi connectivity index (χ0v) is 17.8. The van der Waals surface area contributed by atoms with Gasteiger partial charge in [-0.25, -0.2) is 17.5 Å². The van der Waals surface area contributed by atoms with Crippen molar-refractivity contribution in [3.05, 3.63) is 84.4 Å². The summed E-state index contributed by atoms with van der Waals surface area (Å²) in [6, 6.07) is 16.3. The van der Waals surface area contributed by atoms with Crippen molar-refractivity contribution in [2.75, 3.05) is 13.1 Å². The molecule has 162 valence electrons. The summed E-state index contributed by atoms with van der Waals surface area (Å²) in [6.45, 7) is 2.24. The Balaban J connectivity index is 1.34. The number of hydrogen-bond donors (Lipinski definition) is 1. The van der Waals surface area contributed by atoms with Gasteiger partial charge in [0.25, 0.3) is 0 Å². The van der Waals surface area contributed by atoms with E-state index in [0.717, 1.165) is 36.5 Å². The standard InChI is InChI=1S/C23H24FN3O3S/c24-19-7-9-22(10-8-19)31(28,29)26-20-11-14-27(15-12-20)17-18-4-1-2-6-23(18)30-21-5-3-13-25-16-21/h1-10,13,16,20,26H,11-12,14-15,17H2. The first kappa shape index (κ1) is 21.4. The molecule has 0 radical (unpaired) electrons. The van der Waals surface area contributed by atoms with E-state index in [0.29, 0.717) is 25.1 Å². The van der Waals surface area contributed by atoms with E-state index < -0.39 is 15.8 Å². The lowest BCUT2D eigenvalue weighted by molar-refractivity contribution is 0.198. The Kier molecular flexibility index (Phi) is 6.60. The van der Waals surface area contributed by atoms with Gasteiger partial charge in [0.1, 0.15) is 17.3 Å². The number of para-hydroxylation sites is 1. The number of nitrogens with zero attached hydrogens (tertiary/aromatic N) is 2. The lowest BCUT2D eigenvalue weighted by atomic mass is 10.1. The molecular weight excluding hydrogens is 417 g/mol. The predicted octanol–water partition coefficient (Wildman–Crippen LogP) is 3.96. The van der Waals surface area contributed by atoms with Crippen molar-refractivity contribution in [1.29, 1.82) is 0 Å². The van der Waals surface area contributed by atoms with Crippen molar-refractivity contribution >= 4 is 10.0 Å². The van der Waals surface area contributed by atoms with Crippen molar-refractivity contribution in [1.82, 2.24) is 14.6 Å². The van der Waals surface area contributed by atoms with Gasteiger partial charge in [-0.2, -0.15) is 0 Å². The first-order valence-corrected chi connectivity index (χ1v) is 11.6. The zero-order valence-electron chi connectivity index (χ0n) is 16.9. The average Bonchev–Trinajstić information content (AvgIpc) is 2.77. The second-order valence-corrected chi connectivity index (χ2v) is 9.24. The van der Waals surface area contributed by atoms with Crippen LogP contribution in [0.4, 0.5) is 4.39 Å². The van der Waals surface area contributed by atoms with Crippen LogP contribution in [0.25, 0.3) is 0 Å². The normalized spacial score (nSPS) is 15.6. The van der Waals surface area contributed by atoms with Gasteiger partial charge in [0.05, 0.1) is 11.1 Å². The monoisotopic (exact) mass is 441 g/mol. The molecule has 0 unspecified atom stereocenters. The summed E-state index contributed by atoms with van der Waals surface area (Å²) in [5.74, 6) is 1.01. The molecule has 8 heteroatoms. The van der Waals surface area contributed by atoms with Crippen LogP contribution in [0.2, 0.25) is 0 Å². The van der Waals surface area contributed by atoms with Gasteiger partial charge in [0.2, 0.25) is 10.0 Å². The highest BCUT2D eigenvalue weighted by Gasteiger charge is 2.25. The van der Waals surface area contributed by atoms with Crippen LogP contribution in [0.1, 0.15) is 18.4 Å². The molecule has 1 fully saturated rings. The SMILES string of the molecule is O=S(=O)(NC1CCN(Cc2ccccc2Oc2cccnc2)CC1)c1ccc(F)cc1. The summed E-state index contributed by atoms with van der Waals surface area (Å²) in [7, 11) is -3.66. The smallest absolute Gasteiger partial charge is 0.240 e. The van der Waals surface area contributed by atoms with Crippen LogP contribution in [0.5, 0.6) is 11.5 Å².